The Balaban J connectivity index is 1.71. The Bertz CT molecular complexity index is 944. The van der Waals surface area contributed by atoms with Crippen molar-refractivity contribution in [1.29, 1.82) is 0 Å². The fraction of sp³-hybridized carbons (Fsp3) is 0.167. The summed E-state index contributed by atoms with van der Waals surface area (Å²) >= 11 is 0. The van der Waals surface area contributed by atoms with E-state index in [1.165, 1.54) is 29.2 Å². The summed E-state index contributed by atoms with van der Waals surface area (Å²) in [5.41, 5.74) is 6.50. The van der Waals surface area contributed by atoms with Gasteiger partial charge in [0.2, 0.25) is 0 Å². The van der Waals surface area contributed by atoms with E-state index in [4.69, 9.17) is 5.73 Å². The average molecular weight is 354 g/mol. The van der Waals surface area contributed by atoms with Crippen LogP contribution in [0.15, 0.2) is 42.5 Å². The first-order valence-corrected chi connectivity index (χ1v) is 7.96. The molecule has 0 saturated carbocycles. The standard InChI is InChI=1S/C18H15FN4O3/c19-12-3-1-11(2-4-12)18(16(25)21-17(26)22-18)9-23-8-10-7-13(20)5-6-14(10)15(23)24/h1-7H,8-9,20H2,(H2,21,22,25,26). The first-order valence-electron chi connectivity index (χ1n) is 7.96. The number of benzene rings is 2. The lowest BCUT2D eigenvalue weighted by Gasteiger charge is -2.31. The van der Waals surface area contributed by atoms with Gasteiger partial charge in [0, 0.05) is 17.8 Å². The van der Waals surface area contributed by atoms with Crippen LogP contribution in [0.4, 0.5) is 14.9 Å². The third kappa shape index (κ3) is 2.38. The number of anilines is 1. The molecule has 8 heteroatoms. The van der Waals surface area contributed by atoms with Crippen molar-refractivity contribution in [2.45, 2.75) is 12.1 Å². The normalized spacial score (nSPS) is 21.6. The SMILES string of the molecule is Nc1ccc2c(c1)CN(CC1(c3ccc(F)cc3)NC(=O)NC1=O)C2=O. The maximum Gasteiger partial charge on any atom is 0.322 e. The molecule has 1 fully saturated rings. The number of rotatable bonds is 3. The maximum absolute atomic E-state index is 13.3. The molecule has 2 aromatic rings. The zero-order chi connectivity index (χ0) is 18.5. The zero-order valence-electron chi connectivity index (χ0n) is 13.6. The highest BCUT2D eigenvalue weighted by atomic mass is 19.1. The molecule has 4 amide bonds. The van der Waals surface area contributed by atoms with Crippen LogP contribution in [-0.4, -0.2) is 29.3 Å². The third-order valence-electron chi connectivity index (χ3n) is 4.71. The zero-order valence-corrected chi connectivity index (χ0v) is 13.6. The Kier molecular flexibility index (Phi) is 3.43. The monoisotopic (exact) mass is 354 g/mol. The number of urea groups is 1. The van der Waals surface area contributed by atoms with E-state index in [0.29, 0.717) is 16.8 Å². The molecule has 2 aromatic carbocycles. The van der Waals surface area contributed by atoms with Crippen molar-refractivity contribution in [1.82, 2.24) is 15.5 Å². The minimum absolute atomic E-state index is 0.0797. The summed E-state index contributed by atoms with van der Waals surface area (Å²) in [6, 6.07) is 9.59. The van der Waals surface area contributed by atoms with E-state index in [0.717, 1.165) is 5.56 Å². The quantitative estimate of drug-likeness (QED) is 0.567. The van der Waals surface area contributed by atoms with Gasteiger partial charge in [0.25, 0.3) is 11.8 Å². The van der Waals surface area contributed by atoms with Gasteiger partial charge in [0.1, 0.15) is 5.82 Å². The summed E-state index contributed by atoms with van der Waals surface area (Å²) in [6.45, 7) is 0.189. The number of nitrogens with one attached hydrogen (secondary N) is 2. The van der Waals surface area contributed by atoms with Crippen molar-refractivity contribution in [3.63, 3.8) is 0 Å². The van der Waals surface area contributed by atoms with E-state index in [2.05, 4.69) is 10.6 Å². The average Bonchev–Trinajstić information content (AvgIpc) is 3.05. The Labute approximate surface area is 148 Å². The number of amides is 4. The van der Waals surface area contributed by atoms with Gasteiger partial charge in [-0.25, -0.2) is 9.18 Å². The second-order valence-corrected chi connectivity index (χ2v) is 6.40. The highest BCUT2D eigenvalue weighted by molar-refractivity contribution is 6.08. The fourth-order valence-electron chi connectivity index (χ4n) is 3.45. The minimum Gasteiger partial charge on any atom is -0.399 e. The van der Waals surface area contributed by atoms with Gasteiger partial charge in [0.05, 0.1) is 6.54 Å². The number of hydrogen-bond acceptors (Lipinski definition) is 4. The molecule has 0 radical (unpaired) electrons. The Morgan fingerprint density at radius 2 is 1.85 bits per heavy atom. The van der Waals surface area contributed by atoms with Crippen LogP contribution in [0, 0.1) is 5.82 Å². The Hall–Kier alpha value is -3.42. The predicted molar refractivity (Wildman–Crippen MR) is 90.3 cm³/mol. The molecule has 1 atom stereocenters. The smallest absolute Gasteiger partial charge is 0.322 e. The number of imide groups is 1. The third-order valence-corrected chi connectivity index (χ3v) is 4.71. The van der Waals surface area contributed by atoms with Gasteiger partial charge in [-0.05, 0) is 41.5 Å². The van der Waals surface area contributed by atoms with Gasteiger partial charge in [0.15, 0.2) is 5.54 Å². The van der Waals surface area contributed by atoms with Crippen LogP contribution < -0.4 is 16.4 Å². The summed E-state index contributed by atoms with van der Waals surface area (Å²) < 4.78 is 13.3. The van der Waals surface area contributed by atoms with E-state index < -0.39 is 23.3 Å². The molecule has 4 N–H and O–H groups in total. The largest absolute Gasteiger partial charge is 0.399 e. The molecular weight excluding hydrogens is 339 g/mol. The second kappa shape index (κ2) is 5.55. The second-order valence-electron chi connectivity index (χ2n) is 6.40. The molecule has 0 spiro atoms. The molecule has 0 aliphatic carbocycles. The van der Waals surface area contributed by atoms with Gasteiger partial charge < -0.3 is 16.0 Å². The van der Waals surface area contributed by atoms with Gasteiger partial charge in [-0.2, -0.15) is 0 Å². The van der Waals surface area contributed by atoms with Crippen LogP contribution in [0.1, 0.15) is 21.5 Å². The number of carbonyl (C=O) groups is 3. The number of nitrogens with zero attached hydrogens (tertiary/aromatic N) is 1. The van der Waals surface area contributed by atoms with Crippen LogP contribution in [-0.2, 0) is 16.9 Å². The summed E-state index contributed by atoms with van der Waals surface area (Å²) in [5, 5.41) is 4.80. The topological polar surface area (TPSA) is 105 Å². The molecule has 2 aliphatic rings. The summed E-state index contributed by atoms with van der Waals surface area (Å²) in [4.78, 5) is 38.5. The number of halogens is 1. The van der Waals surface area contributed by atoms with Gasteiger partial charge >= 0.3 is 6.03 Å². The van der Waals surface area contributed by atoms with E-state index in [1.807, 2.05) is 0 Å². The van der Waals surface area contributed by atoms with Crippen LogP contribution in [0.25, 0.3) is 0 Å². The predicted octanol–water partition coefficient (Wildman–Crippen LogP) is 1.10. The molecule has 2 heterocycles. The molecule has 4 rings (SSSR count). The van der Waals surface area contributed by atoms with Crippen LogP contribution in [0.5, 0.6) is 0 Å². The molecule has 2 aliphatic heterocycles. The molecule has 7 nitrogen and oxygen atoms in total. The molecule has 1 unspecified atom stereocenters. The maximum atomic E-state index is 13.3. The molecule has 26 heavy (non-hydrogen) atoms. The lowest BCUT2D eigenvalue weighted by Crippen LogP contribution is -2.52. The lowest BCUT2D eigenvalue weighted by atomic mass is 9.89. The molecule has 0 bridgehead atoms. The van der Waals surface area contributed by atoms with Gasteiger partial charge in [-0.15, -0.1) is 0 Å². The Morgan fingerprint density at radius 3 is 2.50 bits per heavy atom. The molecule has 1 saturated heterocycles. The first-order chi connectivity index (χ1) is 12.4. The van der Waals surface area contributed by atoms with Crippen molar-refractivity contribution in [3.8, 4) is 0 Å². The van der Waals surface area contributed by atoms with Crippen LogP contribution in [0.2, 0.25) is 0 Å². The van der Waals surface area contributed by atoms with E-state index in [9.17, 15) is 18.8 Å². The highest BCUT2D eigenvalue weighted by Crippen LogP contribution is 2.31. The van der Waals surface area contributed by atoms with E-state index in [-0.39, 0.29) is 19.0 Å². The van der Waals surface area contributed by atoms with E-state index >= 15 is 0 Å². The molecular formula is C18H15FN4O3. The first kappa shape index (κ1) is 16.1. The molecule has 0 aromatic heterocycles. The minimum atomic E-state index is -1.48. The lowest BCUT2D eigenvalue weighted by molar-refractivity contribution is -0.124. The fourth-order valence-corrected chi connectivity index (χ4v) is 3.45. The number of nitrogens with two attached hydrogens (primary N) is 1. The van der Waals surface area contributed by atoms with Gasteiger partial charge in [-0.1, -0.05) is 12.1 Å². The van der Waals surface area contributed by atoms with Crippen molar-refractivity contribution in [3.05, 3.63) is 65.0 Å². The number of carbonyl (C=O) groups excluding carboxylic acids is 3. The number of nitrogen functional groups attached to an aromatic ring is 1. The summed E-state index contributed by atoms with van der Waals surface area (Å²) in [7, 11) is 0. The van der Waals surface area contributed by atoms with Crippen molar-refractivity contribution >= 4 is 23.5 Å². The Morgan fingerprint density at radius 1 is 1.12 bits per heavy atom. The number of fused-ring (bicyclic) bond motifs is 1. The highest BCUT2D eigenvalue weighted by Gasteiger charge is 2.50. The van der Waals surface area contributed by atoms with Crippen LogP contribution >= 0.6 is 0 Å². The van der Waals surface area contributed by atoms with Crippen molar-refractivity contribution < 1.29 is 18.8 Å². The van der Waals surface area contributed by atoms with Gasteiger partial charge in [-0.3, -0.25) is 14.9 Å². The summed E-state index contributed by atoms with van der Waals surface area (Å²) in [5.74, 6) is -1.30. The summed E-state index contributed by atoms with van der Waals surface area (Å²) in [6.07, 6.45) is 0. The van der Waals surface area contributed by atoms with Crippen molar-refractivity contribution in [2.24, 2.45) is 0 Å². The van der Waals surface area contributed by atoms with Crippen molar-refractivity contribution in [2.75, 3.05) is 12.3 Å². The van der Waals surface area contributed by atoms with Crippen LogP contribution in [0.3, 0.4) is 0 Å². The number of hydrogen-bond donors (Lipinski definition) is 3. The van der Waals surface area contributed by atoms with E-state index in [1.54, 1.807) is 18.2 Å². The molecule has 132 valence electrons.